The van der Waals surface area contributed by atoms with Crippen LogP contribution < -0.4 is 5.32 Å². The number of hydrogen-bond donors (Lipinski definition) is 1. The molecule has 5 heteroatoms. The molecule has 1 aliphatic carbocycles. The second-order valence-corrected chi connectivity index (χ2v) is 6.30. The Kier molecular flexibility index (Phi) is 4.84. The molecular formula is C14H17ClN2OS. The van der Waals surface area contributed by atoms with E-state index >= 15 is 0 Å². The molecule has 0 saturated heterocycles. The van der Waals surface area contributed by atoms with Gasteiger partial charge in [0.2, 0.25) is 0 Å². The molecule has 3 nitrogen and oxygen atoms in total. The smallest absolute Gasteiger partial charge is 0.263 e. The zero-order chi connectivity index (χ0) is 13.8. The Morgan fingerprint density at radius 3 is 2.74 bits per heavy atom. The van der Waals surface area contributed by atoms with Crippen LogP contribution in [-0.4, -0.2) is 11.9 Å². The van der Waals surface area contributed by atoms with Crippen LogP contribution >= 0.6 is 22.9 Å². The minimum absolute atomic E-state index is 0.222. The van der Waals surface area contributed by atoms with Crippen LogP contribution in [0.1, 0.15) is 47.3 Å². The van der Waals surface area contributed by atoms with E-state index in [9.17, 15) is 10.1 Å². The van der Waals surface area contributed by atoms with Gasteiger partial charge in [0.15, 0.2) is 0 Å². The topological polar surface area (TPSA) is 52.9 Å². The van der Waals surface area contributed by atoms with Crippen LogP contribution in [0.5, 0.6) is 0 Å². The lowest BCUT2D eigenvalue weighted by Gasteiger charge is -2.26. The fourth-order valence-corrected chi connectivity index (χ4v) is 3.69. The van der Waals surface area contributed by atoms with Gasteiger partial charge in [0.1, 0.15) is 10.9 Å². The molecule has 1 heterocycles. The van der Waals surface area contributed by atoms with E-state index in [1.165, 1.54) is 17.8 Å². The van der Waals surface area contributed by atoms with Crippen molar-refractivity contribution in [1.82, 2.24) is 5.32 Å². The number of rotatable bonds is 3. The lowest BCUT2D eigenvalue weighted by molar-refractivity contribution is 0.0933. The molecule has 0 aliphatic heterocycles. The van der Waals surface area contributed by atoms with Crippen LogP contribution in [0.25, 0.3) is 0 Å². The Hall–Kier alpha value is -1.05. The summed E-state index contributed by atoms with van der Waals surface area (Å²) in [5, 5.41) is 14.5. The molecule has 19 heavy (non-hydrogen) atoms. The highest BCUT2D eigenvalue weighted by Crippen LogP contribution is 2.29. The highest BCUT2D eigenvalue weighted by Gasteiger charge is 2.26. The minimum atomic E-state index is -0.397. The van der Waals surface area contributed by atoms with E-state index in [2.05, 4.69) is 11.4 Å². The number of amides is 1. The summed E-state index contributed by atoms with van der Waals surface area (Å²) < 4.78 is 0. The Labute approximate surface area is 122 Å². The molecule has 1 aromatic rings. The van der Waals surface area contributed by atoms with E-state index in [0.29, 0.717) is 9.90 Å². The lowest BCUT2D eigenvalue weighted by atomic mass is 9.84. The number of thiophene rings is 1. The van der Waals surface area contributed by atoms with Gasteiger partial charge in [-0.3, -0.25) is 4.79 Å². The van der Waals surface area contributed by atoms with E-state index in [1.54, 1.807) is 0 Å². The number of nitrogens with zero attached hydrogens (tertiary/aromatic N) is 1. The molecule has 0 bridgehead atoms. The first-order valence-corrected chi connectivity index (χ1v) is 7.83. The summed E-state index contributed by atoms with van der Waals surface area (Å²) in [5.41, 5.74) is 0.906. The summed E-state index contributed by atoms with van der Waals surface area (Å²) in [7, 11) is 0. The lowest BCUT2D eigenvalue weighted by Crippen LogP contribution is -2.39. The molecule has 1 N–H and O–H groups in total. The Morgan fingerprint density at radius 2 is 2.21 bits per heavy atom. The molecule has 1 aliphatic rings. The summed E-state index contributed by atoms with van der Waals surface area (Å²) in [6, 6.07) is 1.83. The van der Waals surface area contributed by atoms with Gasteiger partial charge in [0.05, 0.1) is 11.1 Å². The molecule has 1 unspecified atom stereocenters. The molecule has 1 atom stereocenters. The van der Waals surface area contributed by atoms with Gasteiger partial charge in [-0.2, -0.15) is 5.26 Å². The molecule has 1 fully saturated rings. The first-order valence-electron chi connectivity index (χ1n) is 6.57. The van der Waals surface area contributed by atoms with E-state index in [1.807, 2.05) is 12.3 Å². The molecule has 1 aromatic heterocycles. The van der Waals surface area contributed by atoms with Crippen LogP contribution in [0.3, 0.4) is 0 Å². The summed E-state index contributed by atoms with van der Waals surface area (Å²) in [6.07, 6.45) is 5.58. The molecule has 0 radical (unpaired) electrons. The predicted octanol–water partition coefficient (Wildman–Crippen LogP) is 3.91. The second kappa shape index (κ2) is 6.40. The standard InChI is InChI=1S/C14H17ClN2OS/c1-9-8-19-13(12(9)15)14(18)17-11(7-16)10-5-3-2-4-6-10/h8,10-11H,2-6H2,1H3,(H,17,18). The average Bonchev–Trinajstić information content (AvgIpc) is 2.77. The van der Waals surface area contributed by atoms with Gasteiger partial charge >= 0.3 is 0 Å². The van der Waals surface area contributed by atoms with Gasteiger partial charge in [0, 0.05) is 0 Å². The SMILES string of the molecule is Cc1csc(C(=O)NC(C#N)C2CCCCC2)c1Cl. The van der Waals surface area contributed by atoms with Crippen LogP contribution in [0, 0.1) is 24.2 Å². The number of nitriles is 1. The summed E-state index contributed by atoms with van der Waals surface area (Å²) in [4.78, 5) is 12.7. The van der Waals surface area contributed by atoms with Crippen LogP contribution in [0.15, 0.2) is 5.38 Å². The monoisotopic (exact) mass is 296 g/mol. The maximum atomic E-state index is 12.2. The fourth-order valence-electron chi connectivity index (χ4n) is 2.51. The second-order valence-electron chi connectivity index (χ2n) is 5.04. The first-order chi connectivity index (χ1) is 9.13. The van der Waals surface area contributed by atoms with Crippen molar-refractivity contribution in [3.8, 4) is 6.07 Å². The van der Waals surface area contributed by atoms with Crippen molar-refractivity contribution in [3.63, 3.8) is 0 Å². The fraction of sp³-hybridized carbons (Fsp3) is 0.571. The van der Waals surface area contributed by atoms with Gasteiger partial charge in [-0.05, 0) is 36.6 Å². The molecule has 1 saturated carbocycles. The number of carbonyl (C=O) groups is 1. The number of hydrogen-bond acceptors (Lipinski definition) is 3. The normalized spacial score (nSPS) is 17.7. The maximum Gasteiger partial charge on any atom is 0.263 e. The molecule has 102 valence electrons. The van der Waals surface area contributed by atoms with Gasteiger partial charge in [-0.1, -0.05) is 30.9 Å². The zero-order valence-electron chi connectivity index (χ0n) is 10.9. The average molecular weight is 297 g/mol. The molecule has 1 amide bonds. The van der Waals surface area contributed by atoms with E-state index in [0.717, 1.165) is 31.2 Å². The van der Waals surface area contributed by atoms with E-state index in [-0.39, 0.29) is 11.8 Å². The molecule has 0 aromatic carbocycles. The summed E-state index contributed by atoms with van der Waals surface area (Å²) in [5.74, 6) is 0.0581. The summed E-state index contributed by atoms with van der Waals surface area (Å²) in [6.45, 7) is 1.87. The first kappa shape index (κ1) is 14.4. The van der Waals surface area contributed by atoms with E-state index in [4.69, 9.17) is 11.6 Å². The van der Waals surface area contributed by atoms with E-state index < -0.39 is 6.04 Å². The van der Waals surface area contributed by atoms with Crippen molar-refractivity contribution >= 4 is 28.8 Å². The van der Waals surface area contributed by atoms with Crippen LogP contribution in [0.2, 0.25) is 5.02 Å². The van der Waals surface area contributed by atoms with Crippen molar-refractivity contribution in [1.29, 1.82) is 5.26 Å². The zero-order valence-corrected chi connectivity index (χ0v) is 12.5. The number of nitrogens with one attached hydrogen (secondary N) is 1. The van der Waals surface area contributed by atoms with Gasteiger partial charge in [-0.25, -0.2) is 0 Å². The van der Waals surface area contributed by atoms with Crippen molar-refractivity contribution in [2.75, 3.05) is 0 Å². The largest absolute Gasteiger partial charge is 0.335 e. The third-order valence-corrected chi connectivity index (χ3v) is 5.35. The Bertz CT molecular complexity index is 500. The Balaban J connectivity index is 2.04. The third-order valence-electron chi connectivity index (χ3n) is 3.65. The van der Waals surface area contributed by atoms with Gasteiger partial charge in [0.25, 0.3) is 5.91 Å². The number of halogens is 1. The maximum absolute atomic E-state index is 12.2. The highest BCUT2D eigenvalue weighted by atomic mass is 35.5. The molecule has 2 rings (SSSR count). The van der Waals surface area contributed by atoms with Crippen molar-refractivity contribution in [2.45, 2.75) is 45.1 Å². The van der Waals surface area contributed by atoms with Crippen LogP contribution in [-0.2, 0) is 0 Å². The van der Waals surface area contributed by atoms with Crippen molar-refractivity contribution < 1.29 is 4.79 Å². The van der Waals surface area contributed by atoms with Crippen molar-refractivity contribution in [2.24, 2.45) is 5.92 Å². The minimum Gasteiger partial charge on any atom is -0.335 e. The summed E-state index contributed by atoms with van der Waals surface area (Å²) >= 11 is 7.41. The Morgan fingerprint density at radius 1 is 1.53 bits per heavy atom. The van der Waals surface area contributed by atoms with Gasteiger partial charge < -0.3 is 5.32 Å². The van der Waals surface area contributed by atoms with Gasteiger partial charge in [-0.15, -0.1) is 11.3 Å². The molecule has 0 spiro atoms. The quantitative estimate of drug-likeness (QED) is 0.919. The van der Waals surface area contributed by atoms with Crippen LogP contribution in [0.4, 0.5) is 0 Å². The van der Waals surface area contributed by atoms with Crippen molar-refractivity contribution in [3.05, 3.63) is 20.8 Å². The number of aryl methyl sites for hydroxylation is 1. The molecular weight excluding hydrogens is 280 g/mol. The highest BCUT2D eigenvalue weighted by molar-refractivity contribution is 7.13. The predicted molar refractivity (Wildman–Crippen MR) is 77.5 cm³/mol. The third kappa shape index (κ3) is 3.29. The number of carbonyl (C=O) groups excluding carboxylic acids is 1.